The highest BCUT2D eigenvalue weighted by Gasteiger charge is 2.54. The molecule has 0 unspecified atom stereocenters. The van der Waals surface area contributed by atoms with E-state index in [1.807, 2.05) is 0 Å². The van der Waals surface area contributed by atoms with Crippen LogP contribution < -0.4 is 26.2 Å². The van der Waals surface area contributed by atoms with Gasteiger partial charge in [0.2, 0.25) is 0 Å². The molecule has 0 saturated carbocycles. The minimum atomic E-state index is -0.393. The highest BCUT2D eigenvalue weighted by Crippen LogP contribution is 2.65. The Balaban J connectivity index is 0.884. The molecule has 3 heteroatoms. The van der Waals surface area contributed by atoms with Crippen molar-refractivity contribution in [2.45, 2.75) is 17.8 Å². The van der Waals surface area contributed by atoms with Gasteiger partial charge in [-0.05, 0) is 166 Å². The molecule has 0 saturated heterocycles. The van der Waals surface area contributed by atoms with E-state index in [0.29, 0.717) is 0 Å². The number of benzene rings is 11. The van der Waals surface area contributed by atoms with E-state index in [0.717, 1.165) is 0 Å². The predicted octanol–water partition coefficient (Wildman–Crippen LogP) is 14.8. The van der Waals surface area contributed by atoms with E-state index in [-0.39, 0.29) is 6.71 Å². The zero-order chi connectivity index (χ0) is 47.0. The molecule has 0 radical (unpaired) electrons. The van der Waals surface area contributed by atoms with Gasteiger partial charge in [0.1, 0.15) is 0 Å². The van der Waals surface area contributed by atoms with Crippen LogP contribution in [-0.4, -0.2) is 6.71 Å². The monoisotopic (exact) mass is 910 g/mol. The van der Waals surface area contributed by atoms with Gasteiger partial charge in [-0.15, -0.1) is 0 Å². The molecule has 0 fully saturated rings. The summed E-state index contributed by atoms with van der Waals surface area (Å²) in [5.41, 5.74) is 33.1. The van der Waals surface area contributed by atoms with E-state index >= 15 is 0 Å². The van der Waals surface area contributed by atoms with Crippen molar-refractivity contribution in [3.05, 3.63) is 293 Å². The number of hydrogen-bond acceptors (Lipinski definition) is 2. The van der Waals surface area contributed by atoms with E-state index in [4.69, 9.17) is 0 Å². The third-order valence-corrected chi connectivity index (χ3v) is 17.5. The second kappa shape index (κ2) is 13.7. The van der Waals surface area contributed by atoms with Gasteiger partial charge in [0.15, 0.2) is 0 Å². The molecular weight excluding hydrogens is 868 g/mol. The van der Waals surface area contributed by atoms with Gasteiger partial charge >= 0.3 is 0 Å². The molecule has 11 aromatic carbocycles. The van der Waals surface area contributed by atoms with Gasteiger partial charge in [-0.2, -0.15) is 0 Å². The van der Waals surface area contributed by atoms with Gasteiger partial charge < -0.3 is 9.80 Å². The lowest BCUT2D eigenvalue weighted by molar-refractivity contribution is 0.794. The molecule has 0 bridgehead atoms. The first-order valence-electron chi connectivity index (χ1n) is 25.5. The first kappa shape index (κ1) is 38.9. The molecule has 0 aromatic heterocycles. The highest BCUT2D eigenvalue weighted by molar-refractivity contribution is 7.00. The molecule has 2 heterocycles. The minimum Gasteiger partial charge on any atom is -0.311 e. The number of para-hydroxylation sites is 2. The molecule has 11 aromatic rings. The first-order chi connectivity index (χ1) is 35.7. The lowest BCUT2D eigenvalue weighted by Gasteiger charge is -2.44. The Morgan fingerprint density at radius 2 is 0.569 bits per heavy atom. The van der Waals surface area contributed by atoms with Crippen molar-refractivity contribution in [3.8, 4) is 44.5 Å². The molecule has 2 aliphatic heterocycles. The summed E-state index contributed by atoms with van der Waals surface area (Å²) in [6, 6.07) is 92.6. The summed E-state index contributed by atoms with van der Waals surface area (Å²) in [6.07, 6.45) is 0. The minimum absolute atomic E-state index is 0.0466. The van der Waals surface area contributed by atoms with E-state index in [1.165, 1.54) is 145 Å². The largest absolute Gasteiger partial charge is 0.311 e. The lowest BCUT2D eigenvalue weighted by atomic mass is 9.33. The SMILES string of the molecule is Cc1cc2c3c(c1)N(c1ccc4c(c1)-c1ccccc1C41c4ccccc4-c4ccccc41)c1ccccc1B3c1ccccc1N2c1ccc2c(c1)-c1ccccc1C21c2ccccc2-c2ccccc21. The van der Waals surface area contributed by atoms with E-state index in [1.54, 1.807) is 0 Å². The standard InChI is InChI=1S/C69H43BN2/c1-42-38-65-67-66(39-42)72(44-35-37-60-52(41-44)50-23-7-13-29-58(50)69(60)55-26-10-4-20-47(55)48-21-5-11-27-56(48)69)64-33-17-15-31-62(64)70(67)61-30-14-16-32-63(61)71(65)43-34-36-59-51(40-43)49-22-6-12-28-57(49)68(59)53-24-8-2-18-45(53)46-19-3-9-25-54(46)68/h2-41H,1H3. The smallest absolute Gasteiger partial charge is 0.252 e. The fourth-order valence-corrected chi connectivity index (χ4v) is 15.0. The van der Waals surface area contributed by atoms with Crippen LogP contribution in [0, 0.1) is 6.92 Å². The van der Waals surface area contributed by atoms with Crippen LogP contribution in [0.4, 0.5) is 34.1 Å². The van der Waals surface area contributed by atoms with Gasteiger partial charge in [0.25, 0.3) is 6.71 Å². The van der Waals surface area contributed by atoms with Crippen molar-refractivity contribution in [2.75, 3.05) is 9.80 Å². The van der Waals surface area contributed by atoms with Crippen LogP contribution >= 0.6 is 0 Å². The van der Waals surface area contributed by atoms with E-state index in [9.17, 15) is 0 Å². The molecule has 0 N–H and O–H groups in total. The summed E-state index contributed by atoms with van der Waals surface area (Å²) in [5, 5.41) is 0. The average Bonchev–Trinajstić information content (AvgIpc) is 4.12. The van der Waals surface area contributed by atoms with Crippen LogP contribution in [0.2, 0.25) is 0 Å². The van der Waals surface area contributed by atoms with Crippen molar-refractivity contribution in [1.82, 2.24) is 0 Å². The van der Waals surface area contributed by atoms with Crippen LogP contribution in [0.5, 0.6) is 0 Å². The summed E-state index contributed by atoms with van der Waals surface area (Å²) in [4.78, 5) is 5.15. The summed E-state index contributed by atoms with van der Waals surface area (Å²) in [7, 11) is 0. The molecular formula is C69H43BN2. The fraction of sp³-hybridized carbons (Fsp3) is 0.0435. The van der Waals surface area contributed by atoms with Gasteiger partial charge in [-0.3, -0.25) is 0 Å². The lowest BCUT2D eigenvalue weighted by Crippen LogP contribution is -2.61. The quantitative estimate of drug-likeness (QED) is 0.160. The van der Waals surface area contributed by atoms with Gasteiger partial charge in [0.05, 0.1) is 10.8 Å². The van der Waals surface area contributed by atoms with E-state index < -0.39 is 10.8 Å². The van der Waals surface area contributed by atoms with Gasteiger partial charge in [-0.1, -0.05) is 194 Å². The number of anilines is 6. The van der Waals surface area contributed by atoms with Crippen LogP contribution in [0.25, 0.3) is 44.5 Å². The number of aryl methyl sites for hydroxylation is 1. The molecule has 0 atom stereocenters. The second-order valence-electron chi connectivity index (χ2n) is 20.7. The molecule has 2 spiro atoms. The molecule has 4 aliphatic carbocycles. The second-order valence-corrected chi connectivity index (χ2v) is 20.7. The Morgan fingerprint density at radius 3 is 0.931 bits per heavy atom. The Morgan fingerprint density at radius 1 is 0.278 bits per heavy atom. The Hall–Kier alpha value is -8.92. The number of hydrogen-bond donors (Lipinski definition) is 0. The van der Waals surface area contributed by atoms with Crippen molar-refractivity contribution >= 4 is 57.2 Å². The molecule has 332 valence electrons. The maximum atomic E-state index is 2.58. The van der Waals surface area contributed by atoms with Gasteiger partial charge in [0, 0.05) is 34.1 Å². The van der Waals surface area contributed by atoms with E-state index in [2.05, 4.69) is 259 Å². The number of rotatable bonds is 2. The average molecular weight is 911 g/mol. The zero-order valence-corrected chi connectivity index (χ0v) is 39.6. The fourth-order valence-electron chi connectivity index (χ4n) is 15.0. The molecule has 17 rings (SSSR count). The summed E-state index contributed by atoms with van der Waals surface area (Å²) in [5.74, 6) is 0. The summed E-state index contributed by atoms with van der Waals surface area (Å²) in [6.45, 7) is 2.32. The number of nitrogens with zero attached hydrogens (tertiary/aromatic N) is 2. The Kier molecular flexibility index (Phi) is 7.39. The van der Waals surface area contributed by atoms with Crippen molar-refractivity contribution in [3.63, 3.8) is 0 Å². The van der Waals surface area contributed by atoms with Crippen LogP contribution in [0.15, 0.2) is 243 Å². The van der Waals surface area contributed by atoms with Gasteiger partial charge in [-0.25, -0.2) is 0 Å². The maximum absolute atomic E-state index is 2.58. The van der Waals surface area contributed by atoms with Crippen LogP contribution in [-0.2, 0) is 10.8 Å². The van der Waals surface area contributed by atoms with Crippen molar-refractivity contribution in [1.29, 1.82) is 0 Å². The molecule has 2 nitrogen and oxygen atoms in total. The third-order valence-electron chi connectivity index (χ3n) is 17.5. The topological polar surface area (TPSA) is 6.48 Å². The molecule has 72 heavy (non-hydrogen) atoms. The van der Waals surface area contributed by atoms with Crippen LogP contribution in [0.1, 0.15) is 50.1 Å². The van der Waals surface area contributed by atoms with Crippen LogP contribution in [0.3, 0.4) is 0 Å². The summed E-state index contributed by atoms with van der Waals surface area (Å²) < 4.78 is 0. The Bertz CT molecular complexity index is 3880. The third kappa shape index (κ3) is 4.51. The normalized spacial score (nSPS) is 15.2. The summed E-state index contributed by atoms with van der Waals surface area (Å²) >= 11 is 0. The first-order valence-corrected chi connectivity index (χ1v) is 25.5. The molecule has 6 aliphatic rings. The Labute approximate surface area is 419 Å². The van der Waals surface area contributed by atoms with Crippen molar-refractivity contribution < 1.29 is 0 Å². The number of fused-ring (bicyclic) bond motifs is 24. The zero-order valence-electron chi connectivity index (χ0n) is 39.6. The predicted molar refractivity (Wildman–Crippen MR) is 298 cm³/mol. The van der Waals surface area contributed by atoms with Crippen molar-refractivity contribution in [2.24, 2.45) is 0 Å². The maximum Gasteiger partial charge on any atom is 0.252 e. The molecule has 0 amide bonds. The highest BCUT2D eigenvalue weighted by atomic mass is 15.2.